The molecule has 6 heteroatoms. The first-order valence-corrected chi connectivity index (χ1v) is 9.77. The maximum Gasteiger partial charge on any atom is 0.256 e. The highest BCUT2D eigenvalue weighted by Gasteiger charge is 2.25. The number of amides is 1. The lowest BCUT2D eigenvalue weighted by Crippen LogP contribution is -2.49. The Morgan fingerprint density at radius 1 is 1.00 bits per heavy atom. The Morgan fingerprint density at radius 2 is 1.79 bits per heavy atom. The smallest absolute Gasteiger partial charge is 0.256 e. The third kappa shape index (κ3) is 4.17. The largest absolute Gasteiger partial charge is 0.497 e. The molecule has 2 aliphatic heterocycles. The number of methoxy groups -OCH3 is 1. The minimum Gasteiger partial charge on any atom is -0.497 e. The highest BCUT2D eigenvalue weighted by atomic mass is 16.5. The van der Waals surface area contributed by atoms with Gasteiger partial charge in [0, 0.05) is 44.4 Å². The van der Waals surface area contributed by atoms with Crippen LogP contribution in [0.4, 0.5) is 5.69 Å². The Kier molecular flexibility index (Phi) is 5.58. The number of benzene rings is 2. The van der Waals surface area contributed by atoms with Crippen molar-refractivity contribution in [2.24, 2.45) is 5.10 Å². The predicted octanol–water partition coefficient (Wildman–Crippen LogP) is 2.45. The molecule has 146 valence electrons. The molecule has 2 aromatic carbocycles. The van der Waals surface area contributed by atoms with E-state index >= 15 is 0 Å². The number of ether oxygens (including phenoxy) is 1. The molecule has 28 heavy (non-hydrogen) atoms. The van der Waals surface area contributed by atoms with Crippen molar-refractivity contribution in [2.75, 3.05) is 51.3 Å². The molecule has 0 unspecified atom stereocenters. The first-order valence-electron chi connectivity index (χ1n) is 9.77. The lowest BCUT2D eigenvalue weighted by molar-refractivity contribution is -0.132. The zero-order valence-electron chi connectivity index (χ0n) is 16.3. The molecule has 0 bridgehead atoms. The number of hydrogen-bond acceptors (Lipinski definition) is 5. The molecular formula is C22H26N4O2. The highest BCUT2D eigenvalue weighted by molar-refractivity contribution is 6.02. The van der Waals surface area contributed by atoms with Crippen molar-refractivity contribution in [3.05, 3.63) is 60.2 Å². The van der Waals surface area contributed by atoms with Crippen molar-refractivity contribution >= 4 is 17.3 Å². The average Bonchev–Trinajstić information content (AvgIpc) is 3.25. The van der Waals surface area contributed by atoms with Gasteiger partial charge in [-0.1, -0.05) is 36.4 Å². The van der Waals surface area contributed by atoms with Crippen LogP contribution in [0.25, 0.3) is 0 Å². The molecular weight excluding hydrogens is 352 g/mol. The normalized spacial score (nSPS) is 17.5. The second kappa shape index (κ2) is 8.44. The molecule has 2 aromatic rings. The van der Waals surface area contributed by atoms with Crippen LogP contribution in [0.3, 0.4) is 0 Å². The number of carbonyl (C=O) groups excluding carboxylic acids is 1. The summed E-state index contributed by atoms with van der Waals surface area (Å²) < 4.78 is 5.32. The Bertz CT molecular complexity index is 845. The van der Waals surface area contributed by atoms with E-state index in [4.69, 9.17) is 4.74 Å². The van der Waals surface area contributed by atoms with Crippen LogP contribution in [0, 0.1) is 0 Å². The number of rotatable bonds is 5. The topological polar surface area (TPSA) is 48.4 Å². The fraction of sp³-hybridized carbons (Fsp3) is 0.364. The first-order chi connectivity index (χ1) is 13.7. The van der Waals surface area contributed by atoms with Gasteiger partial charge in [0.1, 0.15) is 5.75 Å². The van der Waals surface area contributed by atoms with Crippen LogP contribution in [0.15, 0.2) is 59.7 Å². The maximum absolute atomic E-state index is 12.7. The van der Waals surface area contributed by atoms with Crippen molar-refractivity contribution in [2.45, 2.75) is 6.42 Å². The molecule has 0 saturated carbocycles. The van der Waals surface area contributed by atoms with Gasteiger partial charge >= 0.3 is 0 Å². The minimum absolute atomic E-state index is 0.0840. The van der Waals surface area contributed by atoms with E-state index in [9.17, 15) is 4.79 Å². The Hall–Kier alpha value is -2.86. The molecule has 2 aliphatic rings. The number of carbonyl (C=O) groups is 1. The zero-order chi connectivity index (χ0) is 19.3. The molecule has 1 amide bonds. The van der Waals surface area contributed by atoms with E-state index in [1.165, 1.54) is 5.69 Å². The first kappa shape index (κ1) is 18.5. The summed E-state index contributed by atoms with van der Waals surface area (Å²) in [6, 6.07) is 18.2. The molecule has 1 fully saturated rings. The number of hydrazone groups is 1. The number of piperazine rings is 1. The third-order valence-corrected chi connectivity index (χ3v) is 5.35. The van der Waals surface area contributed by atoms with E-state index in [1.807, 2.05) is 42.5 Å². The minimum atomic E-state index is 0.0840. The molecule has 0 atom stereocenters. The van der Waals surface area contributed by atoms with Crippen molar-refractivity contribution in [3.8, 4) is 5.75 Å². The summed E-state index contributed by atoms with van der Waals surface area (Å²) in [6.07, 6.45) is 0.819. The van der Waals surface area contributed by atoms with Crippen LogP contribution >= 0.6 is 0 Å². The van der Waals surface area contributed by atoms with Gasteiger partial charge in [-0.3, -0.25) is 9.69 Å². The molecule has 6 nitrogen and oxygen atoms in total. The van der Waals surface area contributed by atoms with E-state index in [2.05, 4.69) is 27.0 Å². The SMILES string of the molecule is COc1cccc(N2CCN(CC(=O)N3CCC(c4ccccc4)=N3)CC2)c1. The molecule has 0 spiro atoms. The van der Waals surface area contributed by atoms with Gasteiger partial charge in [-0.05, 0) is 17.7 Å². The van der Waals surface area contributed by atoms with E-state index < -0.39 is 0 Å². The molecule has 1 saturated heterocycles. The van der Waals surface area contributed by atoms with E-state index in [1.54, 1.807) is 12.1 Å². The zero-order valence-corrected chi connectivity index (χ0v) is 16.3. The molecule has 0 aliphatic carbocycles. The predicted molar refractivity (Wildman–Crippen MR) is 111 cm³/mol. The second-order valence-electron chi connectivity index (χ2n) is 7.14. The Morgan fingerprint density at radius 3 is 2.54 bits per heavy atom. The van der Waals surface area contributed by atoms with Crippen LogP contribution in [0.5, 0.6) is 5.75 Å². The number of anilines is 1. The van der Waals surface area contributed by atoms with E-state index in [0.29, 0.717) is 13.1 Å². The van der Waals surface area contributed by atoms with Crippen LogP contribution < -0.4 is 9.64 Å². The maximum atomic E-state index is 12.7. The van der Waals surface area contributed by atoms with Crippen LogP contribution in [0.1, 0.15) is 12.0 Å². The number of hydrogen-bond donors (Lipinski definition) is 0. The van der Waals surface area contributed by atoms with Crippen molar-refractivity contribution in [1.82, 2.24) is 9.91 Å². The van der Waals surface area contributed by atoms with Crippen LogP contribution in [-0.4, -0.2) is 67.9 Å². The van der Waals surface area contributed by atoms with Gasteiger partial charge in [0.25, 0.3) is 5.91 Å². The van der Waals surface area contributed by atoms with Gasteiger partial charge in [-0.25, -0.2) is 5.01 Å². The Balaban J connectivity index is 1.30. The second-order valence-corrected chi connectivity index (χ2v) is 7.14. The summed E-state index contributed by atoms with van der Waals surface area (Å²) in [5, 5.41) is 6.19. The standard InChI is InChI=1S/C22H26N4O2/c1-28-20-9-5-8-19(16-20)25-14-12-24(13-15-25)17-22(27)26-11-10-21(23-26)18-6-3-2-4-7-18/h2-9,16H,10-15,17H2,1H3. The lowest BCUT2D eigenvalue weighted by atomic mass is 10.1. The van der Waals surface area contributed by atoms with Crippen molar-refractivity contribution in [3.63, 3.8) is 0 Å². The fourth-order valence-electron chi connectivity index (χ4n) is 3.71. The summed E-state index contributed by atoms with van der Waals surface area (Å²) in [7, 11) is 1.69. The fourth-order valence-corrected chi connectivity index (χ4v) is 3.71. The molecule has 0 N–H and O–H groups in total. The van der Waals surface area contributed by atoms with Crippen molar-refractivity contribution in [1.29, 1.82) is 0 Å². The molecule has 0 aromatic heterocycles. The van der Waals surface area contributed by atoms with Gasteiger partial charge < -0.3 is 9.64 Å². The molecule has 4 rings (SSSR count). The van der Waals surface area contributed by atoms with Crippen LogP contribution in [-0.2, 0) is 4.79 Å². The Labute approximate surface area is 166 Å². The molecule has 2 heterocycles. The summed E-state index contributed by atoms with van der Waals surface area (Å²) >= 11 is 0. The number of nitrogens with zero attached hydrogens (tertiary/aromatic N) is 4. The average molecular weight is 378 g/mol. The summed E-state index contributed by atoms with van der Waals surface area (Å²) in [6.45, 7) is 4.64. The monoisotopic (exact) mass is 378 g/mol. The van der Waals surface area contributed by atoms with Crippen molar-refractivity contribution < 1.29 is 9.53 Å². The highest BCUT2D eigenvalue weighted by Crippen LogP contribution is 2.22. The summed E-state index contributed by atoms with van der Waals surface area (Å²) in [4.78, 5) is 17.2. The lowest BCUT2D eigenvalue weighted by Gasteiger charge is -2.36. The third-order valence-electron chi connectivity index (χ3n) is 5.35. The van der Waals surface area contributed by atoms with Gasteiger partial charge in [0.2, 0.25) is 0 Å². The van der Waals surface area contributed by atoms with Crippen LogP contribution in [0.2, 0.25) is 0 Å². The van der Waals surface area contributed by atoms with E-state index in [-0.39, 0.29) is 5.91 Å². The molecule has 0 radical (unpaired) electrons. The van der Waals surface area contributed by atoms with E-state index in [0.717, 1.165) is 49.6 Å². The summed E-state index contributed by atoms with van der Waals surface area (Å²) in [5.41, 5.74) is 3.27. The van der Waals surface area contributed by atoms with Gasteiger partial charge in [-0.15, -0.1) is 0 Å². The quantitative estimate of drug-likeness (QED) is 0.802. The summed E-state index contributed by atoms with van der Waals surface area (Å²) in [5.74, 6) is 0.956. The van der Waals surface area contributed by atoms with Gasteiger partial charge in [-0.2, -0.15) is 5.10 Å². The van der Waals surface area contributed by atoms with Gasteiger partial charge in [0.05, 0.1) is 25.9 Å². The van der Waals surface area contributed by atoms with Gasteiger partial charge in [0.15, 0.2) is 0 Å².